The van der Waals surface area contributed by atoms with Gasteiger partial charge in [-0.1, -0.05) is 31.2 Å². The molecule has 0 bridgehead atoms. The highest BCUT2D eigenvalue weighted by Gasteiger charge is 2.35. The number of aliphatic hydroxyl groups is 1. The van der Waals surface area contributed by atoms with E-state index in [4.69, 9.17) is 0 Å². The van der Waals surface area contributed by atoms with Crippen LogP contribution in [0.1, 0.15) is 58.8 Å². The minimum Gasteiger partial charge on any atom is -0.394 e. The Morgan fingerprint density at radius 3 is 2.32 bits per heavy atom. The Bertz CT molecular complexity index is 1500. The van der Waals surface area contributed by atoms with Gasteiger partial charge in [-0.05, 0) is 60.4 Å². The van der Waals surface area contributed by atoms with Crippen molar-refractivity contribution < 1.29 is 45.0 Å². The molecule has 0 aliphatic carbocycles. The summed E-state index contributed by atoms with van der Waals surface area (Å²) in [6, 6.07) is 12.7. The molecule has 1 aliphatic rings. The van der Waals surface area contributed by atoms with E-state index in [1.165, 1.54) is 55.6 Å². The number of pyridine rings is 1. The van der Waals surface area contributed by atoms with Crippen molar-refractivity contribution >= 4 is 21.6 Å². The van der Waals surface area contributed by atoms with Crippen molar-refractivity contribution in [3.63, 3.8) is 0 Å². The highest BCUT2D eigenvalue weighted by Crippen LogP contribution is 2.37. The molecule has 44 heavy (non-hydrogen) atoms. The standard InChI is InChI=1S/C30H32F5N3O5S/c1-2-44(41,42)25-10-5-20(6-11-25)26(18-39)37-28(40)21-7-12-27(36-16-21)38-17-22(15-24(38)13-14-43-29(31)32)19-3-8-23(9-4-19)30(33,34)35/h3-12,16,22,24,26,29,39H,2,13-15,17-18H2,1H3,(H,37,40)/t22?,24-,26+/m1/s1. The third-order valence-corrected chi connectivity index (χ3v) is 9.38. The molecule has 2 aromatic carbocycles. The highest BCUT2D eigenvalue weighted by atomic mass is 32.2. The Labute approximate surface area is 251 Å². The lowest BCUT2D eigenvalue weighted by molar-refractivity contribution is -0.137. The number of halogens is 5. The van der Waals surface area contributed by atoms with E-state index in [2.05, 4.69) is 15.0 Å². The number of aromatic nitrogens is 1. The molecule has 2 heterocycles. The van der Waals surface area contributed by atoms with E-state index in [0.29, 0.717) is 29.9 Å². The molecule has 0 saturated carbocycles. The molecular weight excluding hydrogens is 609 g/mol. The summed E-state index contributed by atoms with van der Waals surface area (Å²) in [4.78, 5) is 19.4. The maximum absolute atomic E-state index is 13.0. The number of benzene rings is 2. The fourth-order valence-corrected chi connectivity index (χ4v) is 6.07. The van der Waals surface area contributed by atoms with E-state index in [-0.39, 0.29) is 41.2 Å². The van der Waals surface area contributed by atoms with E-state index in [0.717, 1.165) is 12.1 Å². The zero-order chi connectivity index (χ0) is 32.1. The quantitative estimate of drug-likeness (QED) is 0.257. The van der Waals surface area contributed by atoms with Gasteiger partial charge < -0.3 is 20.1 Å². The Morgan fingerprint density at radius 2 is 1.77 bits per heavy atom. The van der Waals surface area contributed by atoms with Crippen LogP contribution < -0.4 is 10.2 Å². The molecule has 14 heteroatoms. The third-order valence-electron chi connectivity index (χ3n) is 7.63. The van der Waals surface area contributed by atoms with E-state index in [9.17, 15) is 40.3 Å². The molecule has 4 rings (SSSR count). The normalized spacial score (nSPS) is 18.0. The molecule has 1 unspecified atom stereocenters. The number of nitrogens with zero attached hydrogens (tertiary/aromatic N) is 2. The van der Waals surface area contributed by atoms with Crippen molar-refractivity contribution in [3.8, 4) is 0 Å². The van der Waals surface area contributed by atoms with E-state index in [1.54, 1.807) is 6.07 Å². The first-order valence-corrected chi connectivity index (χ1v) is 15.5. The summed E-state index contributed by atoms with van der Waals surface area (Å²) in [7, 11) is -3.41. The van der Waals surface area contributed by atoms with Gasteiger partial charge in [-0.15, -0.1) is 0 Å². The lowest BCUT2D eigenvalue weighted by Crippen LogP contribution is -2.32. The molecule has 1 fully saturated rings. The summed E-state index contributed by atoms with van der Waals surface area (Å²) < 4.78 is 92.9. The fourth-order valence-electron chi connectivity index (χ4n) is 5.19. The van der Waals surface area contributed by atoms with Crippen LogP contribution in [0.5, 0.6) is 0 Å². The number of sulfone groups is 1. The second-order valence-electron chi connectivity index (χ2n) is 10.4. The molecular formula is C30H32F5N3O5S. The molecule has 3 atom stereocenters. The predicted molar refractivity (Wildman–Crippen MR) is 152 cm³/mol. The summed E-state index contributed by atoms with van der Waals surface area (Å²) in [5.74, 6) is -0.348. The minimum atomic E-state index is -4.47. The smallest absolute Gasteiger partial charge is 0.394 e. The lowest BCUT2D eigenvalue weighted by Gasteiger charge is -2.26. The molecule has 1 saturated heterocycles. The molecule has 3 aromatic rings. The van der Waals surface area contributed by atoms with Crippen LogP contribution in [0.25, 0.3) is 0 Å². The van der Waals surface area contributed by atoms with E-state index < -0.39 is 46.7 Å². The number of rotatable bonds is 12. The molecule has 8 nitrogen and oxygen atoms in total. The highest BCUT2D eigenvalue weighted by molar-refractivity contribution is 7.91. The van der Waals surface area contributed by atoms with Crippen LogP contribution in [0.3, 0.4) is 0 Å². The first kappa shape index (κ1) is 33.3. The summed E-state index contributed by atoms with van der Waals surface area (Å²) in [6.45, 7) is -1.72. The van der Waals surface area contributed by atoms with Crippen molar-refractivity contribution in [2.75, 3.05) is 30.4 Å². The average molecular weight is 642 g/mol. The van der Waals surface area contributed by atoms with Gasteiger partial charge in [0, 0.05) is 24.7 Å². The monoisotopic (exact) mass is 641 g/mol. The second-order valence-corrected chi connectivity index (χ2v) is 12.6. The molecule has 0 spiro atoms. The van der Waals surface area contributed by atoms with Crippen LogP contribution in [0.2, 0.25) is 0 Å². The molecule has 2 N–H and O–H groups in total. The lowest BCUT2D eigenvalue weighted by atomic mass is 9.94. The van der Waals surface area contributed by atoms with Crippen LogP contribution >= 0.6 is 0 Å². The average Bonchev–Trinajstić information content (AvgIpc) is 3.43. The van der Waals surface area contributed by atoms with Gasteiger partial charge in [0.05, 0.1) is 41.0 Å². The topological polar surface area (TPSA) is 109 Å². The molecule has 238 valence electrons. The van der Waals surface area contributed by atoms with Crippen molar-refractivity contribution in [1.29, 1.82) is 0 Å². The van der Waals surface area contributed by atoms with Crippen LogP contribution in [0, 0.1) is 0 Å². The summed E-state index contributed by atoms with van der Waals surface area (Å²) in [6.07, 6.45) is -2.44. The molecule has 1 aliphatic heterocycles. The van der Waals surface area contributed by atoms with Gasteiger partial charge in [0.15, 0.2) is 9.84 Å². The number of carbonyl (C=O) groups excluding carboxylic acids is 1. The SMILES string of the molecule is CCS(=O)(=O)c1ccc([C@H](CO)NC(=O)c2ccc(N3CC(c4ccc(C(F)(F)F)cc4)C[C@H]3CCOC(F)F)nc2)cc1. The minimum absolute atomic E-state index is 0.0626. The van der Waals surface area contributed by atoms with Crippen LogP contribution in [-0.2, 0) is 20.8 Å². The van der Waals surface area contributed by atoms with Gasteiger partial charge in [0.25, 0.3) is 5.91 Å². The van der Waals surface area contributed by atoms with Gasteiger partial charge in [-0.3, -0.25) is 4.79 Å². The number of amides is 1. The van der Waals surface area contributed by atoms with Crippen molar-refractivity contribution in [2.45, 2.75) is 55.5 Å². The number of nitrogens with one attached hydrogen (secondary N) is 1. The van der Waals surface area contributed by atoms with Crippen LogP contribution in [-0.4, -0.2) is 62.6 Å². The van der Waals surface area contributed by atoms with Crippen molar-refractivity contribution in [2.24, 2.45) is 0 Å². The van der Waals surface area contributed by atoms with Crippen LogP contribution in [0.15, 0.2) is 71.8 Å². The number of aliphatic hydroxyl groups excluding tert-OH is 1. The maximum Gasteiger partial charge on any atom is 0.416 e. The number of anilines is 1. The Balaban J connectivity index is 1.47. The Hall–Kier alpha value is -3.62. The van der Waals surface area contributed by atoms with Gasteiger partial charge in [0.1, 0.15) is 5.82 Å². The number of alkyl halides is 5. The van der Waals surface area contributed by atoms with Gasteiger partial charge >= 0.3 is 12.8 Å². The van der Waals surface area contributed by atoms with Gasteiger partial charge in [0.2, 0.25) is 0 Å². The van der Waals surface area contributed by atoms with Crippen molar-refractivity contribution in [1.82, 2.24) is 10.3 Å². The fraction of sp³-hybridized carbons (Fsp3) is 0.400. The van der Waals surface area contributed by atoms with Gasteiger partial charge in [-0.2, -0.15) is 22.0 Å². The molecule has 0 radical (unpaired) electrons. The number of carbonyl (C=O) groups is 1. The predicted octanol–water partition coefficient (Wildman–Crippen LogP) is 5.35. The zero-order valence-electron chi connectivity index (χ0n) is 23.7. The number of hydrogen-bond acceptors (Lipinski definition) is 7. The maximum atomic E-state index is 13.0. The summed E-state index contributed by atoms with van der Waals surface area (Å²) in [5, 5.41) is 12.6. The van der Waals surface area contributed by atoms with Crippen molar-refractivity contribution in [3.05, 3.63) is 89.1 Å². The summed E-state index contributed by atoms with van der Waals surface area (Å²) >= 11 is 0. The summed E-state index contributed by atoms with van der Waals surface area (Å²) in [5.41, 5.74) is 0.583. The van der Waals surface area contributed by atoms with E-state index in [1.807, 2.05) is 4.90 Å². The molecule has 1 aromatic heterocycles. The number of hydrogen-bond donors (Lipinski definition) is 2. The van der Waals surface area contributed by atoms with Gasteiger partial charge in [-0.25, -0.2) is 13.4 Å². The van der Waals surface area contributed by atoms with Crippen LogP contribution in [0.4, 0.5) is 27.8 Å². The largest absolute Gasteiger partial charge is 0.416 e. The Morgan fingerprint density at radius 1 is 1.09 bits per heavy atom. The number of ether oxygens (including phenoxy) is 1. The first-order valence-electron chi connectivity index (χ1n) is 13.9. The zero-order valence-corrected chi connectivity index (χ0v) is 24.5. The molecule has 1 amide bonds. The second kappa shape index (κ2) is 14.0. The van der Waals surface area contributed by atoms with E-state index >= 15 is 0 Å². The third kappa shape index (κ3) is 8.10. The first-order chi connectivity index (χ1) is 20.8. The Kier molecular flexibility index (Phi) is 10.6.